The van der Waals surface area contributed by atoms with E-state index < -0.39 is 0 Å². The van der Waals surface area contributed by atoms with Crippen molar-refractivity contribution in [1.82, 2.24) is 5.32 Å². The monoisotopic (exact) mass is 215 g/mol. The van der Waals surface area contributed by atoms with Crippen LogP contribution >= 0.6 is 0 Å². The van der Waals surface area contributed by atoms with Gasteiger partial charge in [-0.2, -0.15) is 0 Å². The van der Waals surface area contributed by atoms with Crippen molar-refractivity contribution in [3.63, 3.8) is 0 Å². The molecule has 0 bridgehead atoms. The van der Waals surface area contributed by atoms with E-state index in [1.807, 2.05) is 0 Å². The van der Waals surface area contributed by atoms with Gasteiger partial charge in [0.25, 0.3) is 0 Å². The van der Waals surface area contributed by atoms with E-state index in [2.05, 4.69) is 19.2 Å². The summed E-state index contributed by atoms with van der Waals surface area (Å²) < 4.78 is 10.9. The Kier molecular flexibility index (Phi) is 6.98. The van der Waals surface area contributed by atoms with Crippen LogP contribution in [0.15, 0.2) is 0 Å². The molecular weight excluding hydrogens is 190 g/mol. The van der Waals surface area contributed by atoms with E-state index in [9.17, 15) is 0 Å². The van der Waals surface area contributed by atoms with Crippen molar-refractivity contribution in [2.45, 2.75) is 39.2 Å². The van der Waals surface area contributed by atoms with Crippen LogP contribution in [0.3, 0.4) is 0 Å². The van der Waals surface area contributed by atoms with Gasteiger partial charge in [0.2, 0.25) is 0 Å². The third-order valence-electron chi connectivity index (χ3n) is 2.51. The first-order chi connectivity index (χ1) is 7.29. The second kappa shape index (κ2) is 8.08. The molecule has 1 saturated heterocycles. The zero-order valence-corrected chi connectivity index (χ0v) is 10.1. The van der Waals surface area contributed by atoms with E-state index in [4.69, 9.17) is 9.47 Å². The summed E-state index contributed by atoms with van der Waals surface area (Å²) in [7, 11) is 0. The fraction of sp³-hybridized carbons (Fsp3) is 1.00. The van der Waals surface area contributed by atoms with Crippen LogP contribution in [0.2, 0.25) is 0 Å². The molecule has 1 heterocycles. The molecule has 0 amide bonds. The van der Waals surface area contributed by atoms with Crippen LogP contribution in [0.25, 0.3) is 0 Å². The van der Waals surface area contributed by atoms with E-state index in [-0.39, 0.29) is 0 Å². The van der Waals surface area contributed by atoms with Gasteiger partial charge in [0, 0.05) is 25.9 Å². The first-order valence-corrected chi connectivity index (χ1v) is 6.18. The SMILES string of the molecule is CC(C)COCCCNC1CCCOC1. The molecular formula is C12H25NO2. The molecule has 0 aliphatic carbocycles. The quantitative estimate of drug-likeness (QED) is 0.657. The fourth-order valence-electron chi connectivity index (χ4n) is 1.70. The van der Waals surface area contributed by atoms with Gasteiger partial charge in [0.15, 0.2) is 0 Å². The van der Waals surface area contributed by atoms with E-state index >= 15 is 0 Å². The standard InChI is InChI=1S/C12H25NO2/c1-11(2)9-14-8-4-6-13-12-5-3-7-15-10-12/h11-13H,3-10H2,1-2H3. The minimum Gasteiger partial charge on any atom is -0.381 e. The van der Waals surface area contributed by atoms with Crippen LogP contribution in [0.1, 0.15) is 33.1 Å². The predicted molar refractivity (Wildman–Crippen MR) is 62.1 cm³/mol. The molecule has 0 aromatic heterocycles. The highest BCUT2D eigenvalue weighted by Crippen LogP contribution is 2.05. The molecule has 0 aromatic carbocycles. The highest BCUT2D eigenvalue weighted by Gasteiger charge is 2.11. The fourth-order valence-corrected chi connectivity index (χ4v) is 1.70. The van der Waals surface area contributed by atoms with E-state index in [0.717, 1.165) is 39.4 Å². The molecule has 1 fully saturated rings. The smallest absolute Gasteiger partial charge is 0.0619 e. The Hall–Kier alpha value is -0.120. The lowest BCUT2D eigenvalue weighted by molar-refractivity contribution is 0.0677. The van der Waals surface area contributed by atoms with E-state index in [1.165, 1.54) is 12.8 Å². The summed E-state index contributed by atoms with van der Waals surface area (Å²) in [6.45, 7) is 8.98. The number of hydrogen-bond donors (Lipinski definition) is 1. The molecule has 1 atom stereocenters. The number of ether oxygens (including phenoxy) is 2. The van der Waals surface area contributed by atoms with Gasteiger partial charge in [-0.1, -0.05) is 13.8 Å². The minimum absolute atomic E-state index is 0.573. The summed E-state index contributed by atoms with van der Waals surface area (Å²) >= 11 is 0. The lowest BCUT2D eigenvalue weighted by atomic mass is 10.1. The Morgan fingerprint density at radius 1 is 1.47 bits per heavy atom. The van der Waals surface area contributed by atoms with Crippen molar-refractivity contribution in [2.24, 2.45) is 5.92 Å². The molecule has 90 valence electrons. The molecule has 3 nitrogen and oxygen atoms in total. The number of nitrogens with one attached hydrogen (secondary N) is 1. The maximum atomic E-state index is 5.51. The highest BCUT2D eigenvalue weighted by atomic mass is 16.5. The Morgan fingerprint density at radius 3 is 3.00 bits per heavy atom. The van der Waals surface area contributed by atoms with E-state index in [0.29, 0.717) is 12.0 Å². The topological polar surface area (TPSA) is 30.5 Å². The third kappa shape index (κ3) is 6.88. The van der Waals surface area contributed by atoms with Crippen molar-refractivity contribution in [3.8, 4) is 0 Å². The molecule has 1 aliphatic rings. The molecule has 15 heavy (non-hydrogen) atoms. The molecule has 1 rings (SSSR count). The second-order valence-corrected chi connectivity index (χ2v) is 4.69. The van der Waals surface area contributed by atoms with Crippen LogP contribution in [-0.4, -0.2) is 39.0 Å². The lowest BCUT2D eigenvalue weighted by Gasteiger charge is -2.23. The van der Waals surface area contributed by atoms with Crippen LogP contribution < -0.4 is 5.32 Å². The second-order valence-electron chi connectivity index (χ2n) is 4.69. The summed E-state index contributed by atoms with van der Waals surface area (Å²) in [6.07, 6.45) is 3.55. The highest BCUT2D eigenvalue weighted by molar-refractivity contribution is 4.69. The first kappa shape index (κ1) is 12.9. The number of rotatable bonds is 7. The molecule has 3 heteroatoms. The molecule has 0 spiro atoms. The maximum absolute atomic E-state index is 5.51. The molecule has 1 unspecified atom stereocenters. The van der Waals surface area contributed by atoms with Gasteiger partial charge >= 0.3 is 0 Å². The summed E-state index contributed by atoms with van der Waals surface area (Å²) in [4.78, 5) is 0. The lowest BCUT2D eigenvalue weighted by Crippen LogP contribution is -2.37. The first-order valence-electron chi connectivity index (χ1n) is 6.18. The third-order valence-corrected chi connectivity index (χ3v) is 2.51. The van der Waals surface area contributed by atoms with Gasteiger partial charge in [-0.05, 0) is 31.7 Å². The van der Waals surface area contributed by atoms with Crippen molar-refractivity contribution in [1.29, 1.82) is 0 Å². The van der Waals surface area contributed by atoms with Gasteiger partial charge in [-0.25, -0.2) is 0 Å². The summed E-state index contributed by atoms with van der Waals surface area (Å²) in [5.74, 6) is 0.643. The molecule has 0 aromatic rings. The predicted octanol–water partition coefficient (Wildman–Crippen LogP) is 1.82. The Morgan fingerprint density at radius 2 is 2.33 bits per heavy atom. The Balaban J connectivity index is 1.83. The maximum Gasteiger partial charge on any atom is 0.0619 e. The van der Waals surface area contributed by atoms with Crippen molar-refractivity contribution >= 4 is 0 Å². The summed E-state index contributed by atoms with van der Waals surface area (Å²) in [6, 6.07) is 0.573. The zero-order valence-electron chi connectivity index (χ0n) is 10.1. The van der Waals surface area contributed by atoms with E-state index in [1.54, 1.807) is 0 Å². The largest absolute Gasteiger partial charge is 0.381 e. The zero-order chi connectivity index (χ0) is 10.9. The normalized spacial score (nSPS) is 22.2. The minimum atomic E-state index is 0.573. The summed E-state index contributed by atoms with van der Waals surface area (Å²) in [5, 5.41) is 3.50. The molecule has 0 saturated carbocycles. The van der Waals surface area contributed by atoms with Crippen LogP contribution in [0.4, 0.5) is 0 Å². The van der Waals surface area contributed by atoms with Crippen molar-refractivity contribution < 1.29 is 9.47 Å². The van der Waals surface area contributed by atoms with Crippen LogP contribution in [0, 0.1) is 5.92 Å². The van der Waals surface area contributed by atoms with Gasteiger partial charge in [0.05, 0.1) is 6.61 Å². The molecule has 1 N–H and O–H groups in total. The average molecular weight is 215 g/mol. The van der Waals surface area contributed by atoms with Crippen LogP contribution in [-0.2, 0) is 9.47 Å². The van der Waals surface area contributed by atoms with Crippen molar-refractivity contribution in [3.05, 3.63) is 0 Å². The summed E-state index contributed by atoms with van der Waals surface area (Å²) in [5.41, 5.74) is 0. The molecule has 1 aliphatic heterocycles. The molecule has 0 radical (unpaired) electrons. The Labute approximate surface area is 93.5 Å². The van der Waals surface area contributed by atoms with Gasteiger partial charge in [-0.15, -0.1) is 0 Å². The van der Waals surface area contributed by atoms with Gasteiger partial charge < -0.3 is 14.8 Å². The van der Waals surface area contributed by atoms with Gasteiger partial charge in [-0.3, -0.25) is 0 Å². The Bertz CT molecular complexity index is 145. The van der Waals surface area contributed by atoms with Gasteiger partial charge in [0.1, 0.15) is 0 Å². The van der Waals surface area contributed by atoms with Crippen LogP contribution in [0.5, 0.6) is 0 Å². The number of hydrogen-bond acceptors (Lipinski definition) is 3. The van der Waals surface area contributed by atoms with Crippen molar-refractivity contribution in [2.75, 3.05) is 33.0 Å². The average Bonchev–Trinajstić information content (AvgIpc) is 2.24.